The van der Waals surface area contributed by atoms with Gasteiger partial charge in [0.25, 0.3) is 0 Å². The number of H-pyrrole nitrogens is 2. The van der Waals surface area contributed by atoms with Gasteiger partial charge < -0.3 is 9.72 Å². The van der Waals surface area contributed by atoms with Crippen LogP contribution < -0.4 is 4.74 Å². The van der Waals surface area contributed by atoms with E-state index in [-0.39, 0.29) is 0 Å². The highest BCUT2D eigenvalue weighted by molar-refractivity contribution is 5.95. The lowest BCUT2D eigenvalue weighted by molar-refractivity contribution is 0.415. The monoisotopic (exact) mass is 290 g/mol. The number of benzene rings is 1. The Morgan fingerprint density at radius 1 is 0.955 bits per heavy atom. The molecule has 0 atom stereocenters. The van der Waals surface area contributed by atoms with Crippen molar-refractivity contribution in [1.29, 1.82) is 0 Å². The van der Waals surface area contributed by atoms with Crippen LogP contribution in [0.5, 0.6) is 5.75 Å². The molecule has 0 unspecified atom stereocenters. The summed E-state index contributed by atoms with van der Waals surface area (Å²) in [6.07, 6.45) is 7.52. The van der Waals surface area contributed by atoms with Crippen molar-refractivity contribution in [2.75, 3.05) is 7.11 Å². The van der Waals surface area contributed by atoms with Crippen molar-refractivity contribution >= 4 is 11.0 Å². The lowest BCUT2D eigenvalue weighted by Crippen LogP contribution is -1.84. The summed E-state index contributed by atoms with van der Waals surface area (Å²) in [5.74, 6) is 0.846. The molecule has 0 bridgehead atoms. The lowest BCUT2D eigenvalue weighted by atomic mass is 10.0. The summed E-state index contributed by atoms with van der Waals surface area (Å²) in [5, 5.41) is 7.93. The van der Waals surface area contributed by atoms with Crippen LogP contribution in [0.25, 0.3) is 33.3 Å². The van der Waals surface area contributed by atoms with Gasteiger partial charge in [-0.3, -0.25) is 5.10 Å². The molecule has 4 rings (SSSR count). The predicted molar refractivity (Wildman–Crippen MR) is 85.7 cm³/mol. The lowest BCUT2D eigenvalue weighted by Gasteiger charge is -2.04. The first-order chi connectivity index (χ1) is 10.8. The van der Waals surface area contributed by atoms with Gasteiger partial charge >= 0.3 is 0 Å². The fraction of sp³-hybridized carbons (Fsp3) is 0.0588. The number of aromatic nitrogens is 4. The molecular weight excluding hydrogens is 276 g/mol. The molecule has 0 spiro atoms. The maximum Gasteiger partial charge on any atom is 0.137 e. The molecular formula is C17H14N4O. The van der Waals surface area contributed by atoms with E-state index in [4.69, 9.17) is 4.74 Å². The summed E-state index contributed by atoms with van der Waals surface area (Å²) < 4.78 is 5.20. The van der Waals surface area contributed by atoms with Crippen molar-refractivity contribution in [1.82, 2.24) is 20.2 Å². The van der Waals surface area contributed by atoms with Crippen LogP contribution in [0, 0.1) is 0 Å². The molecule has 3 aromatic heterocycles. The Kier molecular flexibility index (Phi) is 2.89. The van der Waals surface area contributed by atoms with E-state index in [2.05, 4.69) is 26.2 Å². The van der Waals surface area contributed by atoms with Crippen molar-refractivity contribution < 1.29 is 4.74 Å². The molecule has 0 aliphatic carbocycles. The quantitative estimate of drug-likeness (QED) is 0.605. The fourth-order valence-corrected chi connectivity index (χ4v) is 2.58. The van der Waals surface area contributed by atoms with Crippen LogP contribution in [0.2, 0.25) is 0 Å². The number of nitrogens with zero attached hydrogens (tertiary/aromatic N) is 2. The van der Waals surface area contributed by atoms with E-state index in [1.807, 2.05) is 49.1 Å². The van der Waals surface area contributed by atoms with Gasteiger partial charge in [0.1, 0.15) is 11.4 Å². The van der Waals surface area contributed by atoms with Gasteiger partial charge in [0.15, 0.2) is 0 Å². The maximum absolute atomic E-state index is 5.20. The molecule has 108 valence electrons. The van der Waals surface area contributed by atoms with Gasteiger partial charge in [-0.1, -0.05) is 12.1 Å². The van der Waals surface area contributed by atoms with Gasteiger partial charge in [-0.15, -0.1) is 0 Å². The van der Waals surface area contributed by atoms with Gasteiger partial charge in [-0.25, -0.2) is 4.98 Å². The van der Waals surface area contributed by atoms with Gasteiger partial charge in [-0.2, -0.15) is 5.10 Å². The van der Waals surface area contributed by atoms with Gasteiger partial charge in [0.2, 0.25) is 0 Å². The highest BCUT2D eigenvalue weighted by Crippen LogP contribution is 2.30. The van der Waals surface area contributed by atoms with Crippen molar-refractivity contribution in [3.63, 3.8) is 0 Å². The Morgan fingerprint density at radius 2 is 1.82 bits per heavy atom. The fourth-order valence-electron chi connectivity index (χ4n) is 2.58. The predicted octanol–water partition coefficient (Wildman–Crippen LogP) is 3.63. The third-order valence-electron chi connectivity index (χ3n) is 3.76. The van der Waals surface area contributed by atoms with Crippen LogP contribution in [0.1, 0.15) is 0 Å². The van der Waals surface area contributed by atoms with E-state index < -0.39 is 0 Å². The first-order valence-electron chi connectivity index (χ1n) is 6.96. The molecule has 0 fully saturated rings. The number of hydrogen-bond donors (Lipinski definition) is 2. The van der Waals surface area contributed by atoms with Crippen LogP contribution in [-0.4, -0.2) is 27.3 Å². The van der Waals surface area contributed by atoms with Crippen LogP contribution in [0.4, 0.5) is 0 Å². The second-order valence-corrected chi connectivity index (χ2v) is 5.04. The number of pyridine rings is 1. The SMILES string of the molecule is COc1ccc(-c2cnc3[nH]cc(-c4cn[nH]c4)c3c2)cc1. The Balaban J connectivity index is 1.83. The normalized spacial score (nSPS) is 11.0. The third-order valence-corrected chi connectivity index (χ3v) is 3.76. The number of nitrogens with one attached hydrogen (secondary N) is 2. The average Bonchev–Trinajstić information content (AvgIpc) is 3.23. The standard InChI is InChI=1S/C17H14N4O/c1-22-14-4-2-11(3-5-14)12-6-15-16(13-8-20-21-9-13)10-19-17(15)18-7-12/h2-10H,1H3,(H,18,19)(H,20,21). The molecule has 4 aromatic rings. The Hall–Kier alpha value is -3.08. The summed E-state index contributed by atoms with van der Waals surface area (Å²) in [6, 6.07) is 10.1. The number of hydrogen-bond acceptors (Lipinski definition) is 3. The van der Waals surface area contributed by atoms with E-state index >= 15 is 0 Å². The summed E-state index contributed by atoms with van der Waals surface area (Å²) in [5.41, 5.74) is 5.18. The van der Waals surface area contributed by atoms with Crippen molar-refractivity contribution in [3.05, 3.63) is 55.1 Å². The summed E-state index contributed by atoms with van der Waals surface area (Å²) in [4.78, 5) is 7.71. The molecule has 2 N–H and O–H groups in total. The zero-order valence-corrected chi connectivity index (χ0v) is 12.0. The molecule has 0 aliphatic heterocycles. The van der Waals surface area contributed by atoms with Gasteiger partial charge in [0, 0.05) is 40.7 Å². The van der Waals surface area contributed by atoms with Crippen molar-refractivity contribution in [3.8, 4) is 28.0 Å². The smallest absolute Gasteiger partial charge is 0.137 e. The van der Waals surface area contributed by atoms with E-state index in [0.717, 1.165) is 39.0 Å². The summed E-state index contributed by atoms with van der Waals surface area (Å²) >= 11 is 0. The maximum atomic E-state index is 5.20. The van der Waals surface area contributed by atoms with Gasteiger partial charge in [-0.05, 0) is 23.8 Å². The van der Waals surface area contributed by atoms with Crippen LogP contribution in [-0.2, 0) is 0 Å². The molecule has 5 heteroatoms. The molecule has 0 saturated carbocycles. The second-order valence-electron chi connectivity index (χ2n) is 5.04. The third kappa shape index (κ3) is 2.03. The number of ether oxygens (including phenoxy) is 1. The molecule has 0 radical (unpaired) electrons. The second kappa shape index (κ2) is 5.04. The van der Waals surface area contributed by atoms with Crippen molar-refractivity contribution in [2.45, 2.75) is 0 Å². The summed E-state index contributed by atoms with van der Waals surface area (Å²) in [7, 11) is 1.67. The van der Waals surface area contributed by atoms with Gasteiger partial charge in [0.05, 0.1) is 13.3 Å². The highest BCUT2D eigenvalue weighted by atomic mass is 16.5. The minimum atomic E-state index is 0.846. The zero-order valence-electron chi connectivity index (χ0n) is 12.0. The van der Waals surface area contributed by atoms with Crippen LogP contribution in [0.3, 0.4) is 0 Å². The average molecular weight is 290 g/mol. The molecule has 3 heterocycles. The molecule has 0 amide bonds. The first kappa shape index (κ1) is 12.6. The molecule has 0 saturated heterocycles. The molecule has 22 heavy (non-hydrogen) atoms. The summed E-state index contributed by atoms with van der Waals surface area (Å²) in [6.45, 7) is 0. The zero-order chi connectivity index (χ0) is 14.9. The minimum absolute atomic E-state index is 0.846. The van der Waals surface area contributed by atoms with Crippen LogP contribution >= 0.6 is 0 Å². The van der Waals surface area contributed by atoms with E-state index in [1.54, 1.807) is 7.11 Å². The topological polar surface area (TPSA) is 66.6 Å². The van der Waals surface area contributed by atoms with Crippen LogP contribution in [0.15, 0.2) is 55.1 Å². The number of fused-ring (bicyclic) bond motifs is 1. The highest BCUT2D eigenvalue weighted by Gasteiger charge is 2.09. The minimum Gasteiger partial charge on any atom is -0.497 e. The largest absolute Gasteiger partial charge is 0.497 e. The van der Waals surface area contributed by atoms with E-state index in [9.17, 15) is 0 Å². The number of methoxy groups -OCH3 is 1. The van der Waals surface area contributed by atoms with Crippen molar-refractivity contribution in [2.24, 2.45) is 0 Å². The molecule has 5 nitrogen and oxygen atoms in total. The Bertz CT molecular complexity index is 908. The number of aromatic amines is 2. The first-order valence-corrected chi connectivity index (χ1v) is 6.96. The Labute approximate surface area is 127 Å². The van der Waals surface area contributed by atoms with E-state index in [0.29, 0.717) is 0 Å². The Morgan fingerprint density at radius 3 is 2.55 bits per heavy atom. The number of rotatable bonds is 3. The molecule has 0 aliphatic rings. The van der Waals surface area contributed by atoms with E-state index in [1.165, 1.54) is 0 Å². The molecule has 1 aromatic carbocycles.